The van der Waals surface area contributed by atoms with Crippen LogP contribution in [0.15, 0.2) is 12.4 Å². The van der Waals surface area contributed by atoms with E-state index in [4.69, 9.17) is 4.74 Å². The third-order valence-electron chi connectivity index (χ3n) is 4.42. The summed E-state index contributed by atoms with van der Waals surface area (Å²) in [7, 11) is 0. The molecule has 0 bridgehead atoms. The predicted molar refractivity (Wildman–Crippen MR) is 107 cm³/mol. The molecule has 0 unspecified atom stereocenters. The first kappa shape index (κ1) is 22.2. The molecule has 2 heterocycles. The molecule has 1 aromatic heterocycles. The monoisotopic (exact) mass is 391 g/mol. The van der Waals surface area contributed by atoms with Crippen molar-refractivity contribution in [2.45, 2.75) is 46.1 Å². The predicted octanol–water partition coefficient (Wildman–Crippen LogP) is 1.25. The molecule has 1 N–H and O–H groups in total. The molecule has 8 nitrogen and oxygen atoms in total. The lowest BCUT2D eigenvalue weighted by Gasteiger charge is -2.28. The number of hydrogen-bond acceptors (Lipinski definition) is 6. The zero-order valence-electron chi connectivity index (χ0n) is 17.5. The Morgan fingerprint density at radius 2 is 1.89 bits per heavy atom. The van der Waals surface area contributed by atoms with Crippen LogP contribution in [0, 0.1) is 6.92 Å². The Bertz CT molecular complexity index is 636. The van der Waals surface area contributed by atoms with E-state index in [9.17, 15) is 9.59 Å². The van der Waals surface area contributed by atoms with E-state index >= 15 is 0 Å². The van der Waals surface area contributed by atoms with E-state index in [1.807, 2.05) is 27.7 Å². The van der Waals surface area contributed by atoms with Gasteiger partial charge in [0.1, 0.15) is 5.69 Å². The lowest BCUT2D eigenvalue weighted by Crippen LogP contribution is -2.43. The number of amides is 2. The second-order valence-electron chi connectivity index (χ2n) is 8.19. The number of rotatable bonds is 8. The van der Waals surface area contributed by atoms with Gasteiger partial charge in [-0.05, 0) is 34.1 Å². The van der Waals surface area contributed by atoms with E-state index in [0.29, 0.717) is 18.8 Å². The first-order valence-corrected chi connectivity index (χ1v) is 9.93. The van der Waals surface area contributed by atoms with Gasteiger partial charge in [0.25, 0.3) is 5.91 Å². The summed E-state index contributed by atoms with van der Waals surface area (Å²) in [5.41, 5.74) is 0.790. The van der Waals surface area contributed by atoms with Gasteiger partial charge in [-0.25, -0.2) is 4.98 Å². The molecule has 156 valence electrons. The second-order valence-corrected chi connectivity index (χ2v) is 8.19. The summed E-state index contributed by atoms with van der Waals surface area (Å²) in [5, 5.41) is 2.94. The Balaban J connectivity index is 1.94. The molecule has 1 fully saturated rings. The van der Waals surface area contributed by atoms with Gasteiger partial charge in [-0.2, -0.15) is 0 Å². The van der Waals surface area contributed by atoms with Crippen LogP contribution >= 0.6 is 0 Å². The van der Waals surface area contributed by atoms with Crippen LogP contribution in [-0.2, 0) is 9.53 Å². The quantitative estimate of drug-likeness (QED) is 0.718. The van der Waals surface area contributed by atoms with Crippen molar-refractivity contribution in [1.29, 1.82) is 0 Å². The Labute approximate surface area is 167 Å². The minimum atomic E-state index is -0.287. The van der Waals surface area contributed by atoms with Gasteiger partial charge in [-0.1, -0.05) is 0 Å². The molecule has 0 aliphatic carbocycles. The molecule has 0 radical (unpaired) electrons. The molecule has 28 heavy (non-hydrogen) atoms. The Hall–Kier alpha value is -2.06. The number of nitrogens with one attached hydrogen (secondary N) is 1. The molecule has 2 amide bonds. The minimum absolute atomic E-state index is 0.0616. The smallest absolute Gasteiger partial charge is 0.274 e. The van der Waals surface area contributed by atoms with Crippen molar-refractivity contribution in [3.05, 3.63) is 23.8 Å². The Morgan fingerprint density at radius 3 is 2.50 bits per heavy atom. The summed E-state index contributed by atoms with van der Waals surface area (Å²) >= 11 is 0. The number of carbonyl (C=O) groups is 2. The third-order valence-corrected chi connectivity index (χ3v) is 4.42. The topological polar surface area (TPSA) is 87.7 Å². The number of nitrogens with zero attached hydrogens (tertiary/aromatic N) is 4. The van der Waals surface area contributed by atoms with E-state index in [1.54, 1.807) is 11.1 Å². The van der Waals surface area contributed by atoms with Crippen LogP contribution in [-0.4, -0.2) is 83.1 Å². The van der Waals surface area contributed by atoms with E-state index in [-0.39, 0.29) is 23.8 Å². The van der Waals surface area contributed by atoms with Crippen molar-refractivity contribution in [2.75, 3.05) is 45.9 Å². The molecule has 1 aromatic rings. The van der Waals surface area contributed by atoms with E-state index in [2.05, 4.69) is 20.2 Å². The van der Waals surface area contributed by atoms with Gasteiger partial charge >= 0.3 is 0 Å². The Morgan fingerprint density at radius 1 is 1.18 bits per heavy atom. The van der Waals surface area contributed by atoms with Crippen molar-refractivity contribution in [3.8, 4) is 0 Å². The molecular weight excluding hydrogens is 358 g/mol. The summed E-state index contributed by atoms with van der Waals surface area (Å²) in [6, 6.07) is 0. The maximum Gasteiger partial charge on any atom is 0.274 e. The second kappa shape index (κ2) is 10.5. The maximum absolute atomic E-state index is 12.9. The number of morpholine rings is 1. The number of carbonyl (C=O) groups excluding carboxylic acids is 2. The van der Waals surface area contributed by atoms with Crippen LogP contribution in [0.5, 0.6) is 0 Å². The zero-order valence-corrected chi connectivity index (χ0v) is 17.5. The van der Waals surface area contributed by atoms with Gasteiger partial charge in [0.15, 0.2) is 0 Å². The number of ether oxygens (including phenoxy) is 1. The fourth-order valence-electron chi connectivity index (χ4n) is 3.01. The summed E-state index contributed by atoms with van der Waals surface area (Å²) in [5.74, 6) is -0.244. The lowest BCUT2D eigenvalue weighted by molar-refractivity contribution is -0.122. The van der Waals surface area contributed by atoms with Gasteiger partial charge in [0.05, 0.1) is 25.1 Å². The van der Waals surface area contributed by atoms with Crippen LogP contribution in [0.25, 0.3) is 0 Å². The summed E-state index contributed by atoms with van der Waals surface area (Å²) in [4.78, 5) is 37.5. The molecule has 0 saturated carbocycles. The number of aromatic nitrogens is 2. The minimum Gasteiger partial charge on any atom is -0.379 e. The van der Waals surface area contributed by atoms with Crippen molar-refractivity contribution in [3.63, 3.8) is 0 Å². The van der Waals surface area contributed by atoms with E-state index in [0.717, 1.165) is 45.0 Å². The zero-order chi connectivity index (χ0) is 20.6. The van der Waals surface area contributed by atoms with Gasteiger partial charge in [-0.15, -0.1) is 0 Å². The van der Waals surface area contributed by atoms with Crippen molar-refractivity contribution in [1.82, 2.24) is 25.1 Å². The highest BCUT2D eigenvalue weighted by molar-refractivity contribution is 5.92. The largest absolute Gasteiger partial charge is 0.379 e. The molecule has 1 aliphatic rings. The summed E-state index contributed by atoms with van der Waals surface area (Å²) in [6.07, 6.45) is 4.19. The van der Waals surface area contributed by atoms with Crippen LogP contribution in [0.4, 0.5) is 0 Å². The average molecular weight is 392 g/mol. The molecule has 2 rings (SSSR count). The van der Waals surface area contributed by atoms with Crippen LogP contribution in [0.3, 0.4) is 0 Å². The third kappa shape index (κ3) is 7.90. The van der Waals surface area contributed by atoms with Gasteiger partial charge < -0.3 is 15.0 Å². The van der Waals surface area contributed by atoms with Gasteiger partial charge in [0, 0.05) is 50.9 Å². The van der Waals surface area contributed by atoms with Gasteiger partial charge in [-0.3, -0.25) is 19.5 Å². The van der Waals surface area contributed by atoms with Crippen molar-refractivity contribution in [2.24, 2.45) is 0 Å². The maximum atomic E-state index is 12.9. The molecule has 8 heteroatoms. The molecule has 0 atom stereocenters. The summed E-state index contributed by atoms with van der Waals surface area (Å²) < 4.78 is 5.37. The fraction of sp³-hybridized carbons (Fsp3) is 0.700. The fourth-order valence-corrected chi connectivity index (χ4v) is 3.01. The molecule has 1 aliphatic heterocycles. The Kier molecular flexibility index (Phi) is 8.32. The molecular formula is C20H33N5O3. The highest BCUT2D eigenvalue weighted by atomic mass is 16.5. The SMILES string of the molecule is Cc1cnc(C(=O)N(CCCN2CCOCC2)CCC(=O)NC(C)(C)C)cn1. The van der Waals surface area contributed by atoms with Gasteiger partial charge in [0.2, 0.25) is 5.91 Å². The van der Waals surface area contributed by atoms with E-state index < -0.39 is 0 Å². The highest BCUT2D eigenvalue weighted by Gasteiger charge is 2.20. The van der Waals surface area contributed by atoms with Crippen LogP contribution in [0.2, 0.25) is 0 Å². The average Bonchev–Trinajstić information content (AvgIpc) is 2.64. The number of aryl methyl sites for hydroxylation is 1. The first-order chi connectivity index (χ1) is 13.2. The van der Waals surface area contributed by atoms with Crippen LogP contribution in [0.1, 0.15) is 49.8 Å². The molecule has 0 spiro atoms. The normalized spacial score (nSPS) is 15.3. The number of hydrogen-bond donors (Lipinski definition) is 1. The van der Waals surface area contributed by atoms with Crippen molar-refractivity contribution >= 4 is 11.8 Å². The molecule has 0 aromatic carbocycles. The highest BCUT2D eigenvalue weighted by Crippen LogP contribution is 2.07. The van der Waals surface area contributed by atoms with Crippen LogP contribution < -0.4 is 5.32 Å². The standard InChI is InChI=1S/C20H33N5O3/c1-16-14-22-17(15-21-16)19(27)25(9-6-18(26)23-20(2,3)4)8-5-7-24-10-12-28-13-11-24/h14-15H,5-13H2,1-4H3,(H,23,26). The summed E-state index contributed by atoms with van der Waals surface area (Å²) in [6.45, 7) is 12.9. The van der Waals surface area contributed by atoms with Crippen molar-refractivity contribution < 1.29 is 14.3 Å². The van der Waals surface area contributed by atoms with E-state index in [1.165, 1.54) is 6.20 Å². The first-order valence-electron chi connectivity index (χ1n) is 9.93. The lowest BCUT2D eigenvalue weighted by atomic mass is 10.1. The molecule has 1 saturated heterocycles.